The summed E-state index contributed by atoms with van der Waals surface area (Å²) in [5, 5.41) is -0.232. The van der Waals surface area contributed by atoms with Crippen molar-refractivity contribution in [3.63, 3.8) is 0 Å². The first-order valence-electron chi connectivity index (χ1n) is 4.81. The molecule has 1 rings (SSSR count). The summed E-state index contributed by atoms with van der Waals surface area (Å²) in [5.74, 6) is 0. The first-order valence-corrected chi connectivity index (χ1v) is 5.19. The molecule has 0 spiro atoms. The third-order valence-corrected chi connectivity index (χ3v) is 3.14. The maximum Gasteiger partial charge on any atom is 0.225 e. The molecule has 0 heterocycles. The van der Waals surface area contributed by atoms with Gasteiger partial charge < -0.3 is 0 Å². The van der Waals surface area contributed by atoms with Crippen molar-refractivity contribution < 1.29 is 4.79 Å². The van der Waals surface area contributed by atoms with E-state index in [9.17, 15) is 4.79 Å². The van der Waals surface area contributed by atoms with E-state index in [1.54, 1.807) is 0 Å². The van der Waals surface area contributed by atoms with E-state index in [-0.39, 0.29) is 10.7 Å². The van der Waals surface area contributed by atoms with Crippen LogP contribution in [0.25, 0.3) is 0 Å². The summed E-state index contributed by atoms with van der Waals surface area (Å²) >= 11 is 5.43. The smallest absolute Gasteiger partial charge is 0.225 e. The van der Waals surface area contributed by atoms with Crippen LogP contribution in [0.2, 0.25) is 0 Å². The van der Waals surface area contributed by atoms with E-state index >= 15 is 0 Å². The van der Waals surface area contributed by atoms with Crippen molar-refractivity contribution >= 4 is 16.8 Å². The molecule has 0 aromatic rings. The highest BCUT2D eigenvalue weighted by Crippen LogP contribution is 2.41. The van der Waals surface area contributed by atoms with Crippen molar-refractivity contribution in [2.24, 2.45) is 5.41 Å². The molecule has 0 radical (unpaired) electrons. The lowest BCUT2D eigenvalue weighted by molar-refractivity contribution is -0.111. The summed E-state index contributed by atoms with van der Waals surface area (Å²) in [6.07, 6.45) is 3.96. The Balaban J connectivity index is 2.91. The maximum absolute atomic E-state index is 10.9. The maximum atomic E-state index is 10.9. The Bertz CT molecular complexity index is 251. The van der Waals surface area contributed by atoms with Crippen molar-refractivity contribution in [3.05, 3.63) is 11.1 Å². The minimum Gasteiger partial charge on any atom is -0.281 e. The highest BCUT2D eigenvalue weighted by Gasteiger charge is 2.28. The van der Waals surface area contributed by atoms with Crippen molar-refractivity contribution in [2.75, 3.05) is 0 Å². The molecule has 1 nitrogen and oxygen atoms in total. The molecule has 2 heteroatoms. The van der Waals surface area contributed by atoms with Gasteiger partial charge in [-0.2, -0.15) is 0 Å². The molecule has 13 heavy (non-hydrogen) atoms. The molecule has 0 bridgehead atoms. The van der Waals surface area contributed by atoms with E-state index in [0.29, 0.717) is 6.42 Å². The van der Waals surface area contributed by atoms with Gasteiger partial charge in [0.1, 0.15) is 0 Å². The van der Waals surface area contributed by atoms with Gasteiger partial charge in [0.05, 0.1) is 0 Å². The van der Waals surface area contributed by atoms with Crippen molar-refractivity contribution in [3.8, 4) is 0 Å². The van der Waals surface area contributed by atoms with E-state index in [4.69, 9.17) is 11.6 Å². The van der Waals surface area contributed by atoms with Gasteiger partial charge in [-0.25, -0.2) is 0 Å². The quantitative estimate of drug-likeness (QED) is 0.491. The molecule has 0 aromatic carbocycles. The fourth-order valence-electron chi connectivity index (χ4n) is 2.20. The monoisotopic (exact) mass is 200 g/mol. The zero-order valence-corrected chi connectivity index (χ0v) is 9.37. The van der Waals surface area contributed by atoms with Crippen LogP contribution in [0.15, 0.2) is 11.1 Å². The van der Waals surface area contributed by atoms with Crippen LogP contribution in [0.4, 0.5) is 0 Å². The second-order valence-electron chi connectivity index (χ2n) is 4.53. The number of hydrogen-bond acceptors (Lipinski definition) is 1. The van der Waals surface area contributed by atoms with E-state index in [1.165, 1.54) is 24.0 Å². The highest BCUT2D eigenvalue weighted by atomic mass is 35.5. The Morgan fingerprint density at radius 3 is 2.62 bits per heavy atom. The number of hydrogen-bond donors (Lipinski definition) is 0. The topological polar surface area (TPSA) is 17.1 Å². The third-order valence-electron chi connectivity index (χ3n) is 3.00. The summed E-state index contributed by atoms with van der Waals surface area (Å²) in [6, 6.07) is 0. The second-order valence-corrected chi connectivity index (χ2v) is 4.95. The molecule has 0 N–H and O–H groups in total. The Morgan fingerprint density at radius 1 is 1.54 bits per heavy atom. The molecule has 1 aliphatic rings. The second kappa shape index (κ2) is 3.83. The Labute approximate surface area is 85.2 Å². The average molecular weight is 201 g/mol. The summed E-state index contributed by atoms with van der Waals surface area (Å²) in [7, 11) is 0. The van der Waals surface area contributed by atoms with Gasteiger partial charge in [0.15, 0.2) is 0 Å². The normalized spacial score (nSPS) is 21.8. The molecule has 0 atom stereocenters. The van der Waals surface area contributed by atoms with Crippen LogP contribution < -0.4 is 0 Å². The van der Waals surface area contributed by atoms with Crippen molar-refractivity contribution in [1.29, 1.82) is 0 Å². The van der Waals surface area contributed by atoms with Crippen molar-refractivity contribution in [1.82, 2.24) is 0 Å². The largest absolute Gasteiger partial charge is 0.281 e. The Morgan fingerprint density at radius 2 is 2.15 bits per heavy atom. The summed E-state index contributed by atoms with van der Waals surface area (Å²) in [4.78, 5) is 10.9. The lowest BCUT2D eigenvalue weighted by Crippen LogP contribution is -2.21. The third kappa shape index (κ3) is 2.57. The van der Waals surface area contributed by atoms with Gasteiger partial charge in [-0.3, -0.25) is 4.79 Å². The molecule has 0 fully saturated rings. The van der Waals surface area contributed by atoms with Crippen LogP contribution >= 0.6 is 11.6 Å². The zero-order chi connectivity index (χ0) is 10.1. The lowest BCUT2D eigenvalue weighted by Gasteiger charge is -2.33. The number of halogens is 1. The van der Waals surface area contributed by atoms with Crippen LogP contribution in [-0.4, -0.2) is 5.24 Å². The van der Waals surface area contributed by atoms with Gasteiger partial charge in [-0.15, -0.1) is 0 Å². The molecule has 1 aliphatic carbocycles. The molecular formula is C11H17ClO. The van der Waals surface area contributed by atoms with Crippen LogP contribution in [0.5, 0.6) is 0 Å². The zero-order valence-electron chi connectivity index (χ0n) is 8.61. The fraction of sp³-hybridized carbons (Fsp3) is 0.727. The van der Waals surface area contributed by atoms with Crippen LogP contribution in [0.3, 0.4) is 0 Å². The minimum absolute atomic E-state index is 0.173. The number of carbonyl (C=O) groups is 1. The minimum atomic E-state index is -0.232. The van der Waals surface area contributed by atoms with Gasteiger partial charge >= 0.3 is 0 Å². The van der Waals surface area contributed by atoms with Crippen LogP contribution in [0, 0.1) is 5.41 Å². The predicted octanol–water partition coefficient (Wildman–Crippen LogP) is 3.67. The van der Waals surface area contributed by atoms with E-state index < -0.39 is 0 Å². The van der Waals surface area contributed by atoms with E-state index in [2.05, 4.69) is 20.8 Å². The van der Waals surface area contributed by atoms with Crippen LogP contribution in [0.1, 0.15) is 46.5 Å². The molecule has 0 saturated carbocycles. The molecule has 0 aromatic heterocycles. The number of allylic oxidation sites excluding steroid dienone is 2. The molecular weight excluding hydrogens is 184 g/mol. The first-order chi connectivity index (χ1) is 5.93. The van der Waals surface area contributed by atoms with Gasteiger partial charge in [0.2, 0.25) is 5.24 Å². The lowest BCUT2D eigenvalue weighted by atomic mass is 9.72. The van der Waals surface area contributed by atoms with Crippen molar-refractivity contribution in [2.45, 2.75) is 46.5 Å². The molecule has 74 valence electrons. The summed E-state index contributed by atoms with van der Waals surface area (Å²) < 4.78 is 0. The molecule has 0 amide bonds. The van der Waals surface area contributed by atoms with Crippen LogP contribution in [-0.2, 0) is 4.79 Å². The predicted molar refractivity (Wildman–Crippen MR) is 55.8 cm³/mol. The van der Waals surface area contributed by atoms with Gasteiger partial charge in [0.25, 0.3) is 0 Å². The Kier molecular flexibility index (Phi) is 3.18. The number of rotatable bonds is 2. The average Bonchev–Trinajstić information content (AvgIpc) is 1.96. The standard InChI is InChI=1S/C11H17ClO/c1-8-5-4-6-11(2,3)9(8)7-10(12)13/h4-7H2,1-3H3. The molecule has 0 unspecified atom stereocenters. The van der Waals surface area contributed by atoms with Gasteiger partial charge in [-0.05, 0) is 43.2 Å². The van der Waals surface area contributed by atoms with Gasteiger partial charge in [-0.1, -0.05) is 25.0 Å². The highest BCUT2D eigenvalue weighted by molar-refractivity contribution is 6.63. The molecule has 0 aliphatic heterocycles. The fourth-order valence-corrected chi connectivity index (χ4v) is 2.34. The first kappa shape index (κ1) is 10.8. The van der Waals surface area contributed by atoms with E-state index in [0.717, 1.165) is 6.42 Å². The van der Waals surface area contributed by atoms with E-state index in [1.807, 2.05) is 0 Å². The van der Waals surface area contributed by atoms with Gasteiger partial charge in [0, 0.05) is 6.42 Å². The SMILES string of the molecule is CC1=C(CC(=O)Cl)C(C)(C)CCC1. The molecule has 0 saturated heterocycles. The summed E-state index contributed by atoms with van der Waals surface area (Å²) in [6.45, 7) is 6.52. The summed E-state index contributed by atoms with van der Waals surface area (Å²) in [5.41, 5.74) is 2.80. The Hall–Kier alpha value is -0.300. The number of carbonyl (C=O) groups excluding carboxylic acids is 1.